The van der Waals surface area contributed by atoms with E-state index in [9.17, 15) is 0 Å². The molecule has 3 nitrogen and oxygen atoms in total. The molecule has 0 spiro atoms. The number of nitrogens with one attached hydrogen (secondary N) is 1. The Kier molecular flexibility index (Phi) is 3.72. The van der Waals surface area contributed by atoms with Crippen molar-refractivity contribution in [3.8, 4) is 0 Å². The summed E-state index contributed by atoms with van der Waals surface area (Å²) in [5.41, 5.74) is 1.35. The van der Waals surface area contributed by atoms with E-state index in [1.807, 2.05) is 0 Å². The van der Waals surface area contributed by atoms with Crippen molar-refractivity contribution in [2.24, 2.45) is 0 Å². The fraction of sp³-hybridized carbons (Fsp3) is 0.500. The highest BCUT2D eigenvalue weighted by Crippen LogP contribution is 2.10. The average Bonchev–Trinajstić information content (AvgIpc) is 2.31. The zero-order chi connectivity index (χ0) is 10.5. The molecule has 1 heterocycles. The average molecular weight is 206 g/mol. The second kappa shape index (κ2) is 5.26. The van der Waals surface area contributed by atoms with Gasteiger partial charge in [-0.3, -0.25) is 4.90 Å². The van der Waals surface area contributed by atoms with E-state index in [1.54, 1.807) is 7.11 Å². The highest BCUT2D eigenvalue weighted by atomic mass is 16.5. The Morgan fingerprint density at radius 1 is 1.40 bits per heavy atom. The van der Waals surface area contributed by atoms with Crippen molar-refractivity contribution < 1.29 is 4.74 Å². The number of nitrogens with zero attached hydrogens (tertiary/aromatic N) is 1. The van der Waals surface area contributed by atoms with Gasteiger partial charge in [0, 0.05) is 33.3 Å². The molecule has 1 atom stereocenters. The zero-order valence-corrected chi connectivity index (χ0v) is 9.15. The molecule has 1 aromatic rings. The Hall–Kier alpha value is -0.900. The van der Waals surface area contributed by atoms with Gasteiger partial charge in [0.2, 0.25) is 0 Å². The zero-order valence-electron chi connectivity index (χ0n) is 9.15. The maximum Gasteiger partial charge on any atom is 0.123 e. The molecule has 0 amide bonds. The molecule has 0 radical (unpaired) electrons. The summed E-state index contributed by atoms with van der Waals surface area (Å²) in [7, 11) is 1.77. The summed E-state index contributed by atoms with van der Waals surface area (Å²) in [4.78, 5) is 2.37. The summed E-state index contributed by atoms with van der Waals surface area (Å²) in [6.07, 6.45) is 0.207. The number of hydrogen-bond donors (Lipinski definition) is 1. The summed E-state index contributed by atoms with van der Waals surface area (Å²) in [5, 5.41) is 3.33. The van der Waals surface area contributed by atoms with Crippen molar-refractivity contribution in [2.75, 3.05) is 26.7 Å². The minimum absolute atomic E-state index is 0.207. The molecule has 0 saturated carbocycles. The van der Waals surface area contributed by atoms with Crippen LogP contribution in [0.5, 0.6) is 0 Å². The van der Waals surface area contributed by atoms with Crippen molar-refractivity contribution in [3.63, 3.8) is 0 Å². The lowest BCUT2D eigenvalue weighted by Gasteiger charge is -2.34. The van der Waals surface area contributed by atoms with Gasteiger partial charge in [-0.2, -0.15) is 0 Å². The van der Waals surface area contributed by atoms with Gasteiger partial charge >= 0.3 is 0 Å². The number of benzene rings is 1. The number of methoxy groups -OCH3 is 1. The molecule has 1 aromatic carbocycles. The number of rotatable bonds is 3. The van der Waals surface area contributed by atoms with Gasteiger partial charge < -0.3 is 10.1 Å². The Morgan fingerprint density at radius 3 is 2.93 bits per heavy atom. The van der Waals surface area contributed by atoms with E-state index in [-0.39, 0.29) is 6.23 Å². The number of ether oxygens (including phenoxy) is 1. The van der Waals surface area contributed by atoms with Crippen molar-refractivity contribution in [1.82, 2.24) is 10.2 Å². The van der Waals surface area contributed by atoms with E-state index in [0.29, 0.717) is 0 Å². The van der Waals surface area contributed by atoms with Crippen LogP contribution in [0.2, 0.25) is 0 Å². The molecular weight excluding hydrogens is 188 g/mol. The third kappa shape index (κ3) is 2.78. The van der Waals surface area contributed by atoms with Crippen LogP contribution in [0.1, 0.15) is 5.56 Å². The first kappa shape index (κ1) is 10.6. The summed E-state index contributed by atoms with van der Waals surface area (Å²) in [6, 6.07) is 10.5. The minimum atomic E-state index is 0.207. The van der Waals surface area contributed by atoms with E-state index in [2.05, 4.69) is 40.5 Å². The van der Waals surface area contributed by atoms with Crippen LogP contribution in [-0.4, -0.2) is 37.9 Å². The summed E-state index contributed by atoms with van der Waals surface area (Å²) in [6.45, 7) is 3.99. The monoisotopic (exact) mass is 206 g/mol. The van der Waals surface area contributed by atoms with E-state index in [0.717, 1.165) is 26.2 Å². The maximum absolute atomic E-state index is 5.44. The SMILES string of the molecule is COC1CNCCN1Cc1ccccc1. The Balaban J connectivity index is 1.97. The van der Waals surface area contributed by atoms with E-state index < -0.39 is 0 Å². The lowest BCUT2D eigenvalue weighted by Crippen LogP contribution is -2.51. The predicted octanol–water partition coefficient (Wildman–Crippen LogP) is 1.06. The molecule has 1 unspecified atom stereocenters. The van der Waals surface area contributed by atoms with Gasteiger partial charge in [-0.15, -0.1) is 0 Å². The maximum atomic E-state index is 5.44. The van der Waals surface area contributed by atoms with Crippen LogP contribution >= 0.6 is 0 Å². The van der Waals surface area contributed by atoms with Gasteiger partial charge in [-0.1, -0.05) is 30.3 Å². The van der Waals surface area contributed by atoms with Crippen LogP contribution < -0.4 is 5.32 Å². The number of hydrogen-bond acceptors (Lipinski definition) is 3. The predicted molar refractivity (Wildman–Crippen MR) is 60.5 cm³/mol. The molecule has 0 aliphatic carbocycles. The molecular formula is C12H18N2O. The van der Waals surface area contributed by atoms with Gasteiger partial charge in [0.05, 0.1) is 0 Å². The van der Waals surface area contributed by atoms with Crippen LogP contribution in [0.4, 0.5) is 0 Å². The lowest BCUT2D eigenvalue weighted by molar-refractivity contribution is -0.0500. The molecule has 1 N–H and O–H groups in total. The molecule has 1 saturated heterocycles. The molecule has 15 heavy (non-hydrogen) atoms. The van der Waals surface area contributed by atoms with Crippen LogP contribution in [0.25, 0.3) is 0 Å². The van der Waals surface area contributed by atoms with E-state index >= 15 is 0 Å². The Bertz CT molecular complexity index is 289. The van der Waals surface area contributed by atoms with Gasteiger partial charge in [-0.25, -0.2) is 0 Å². The van der Waals surface area contributed by atoms with Crippen molar-refractivity contribution in [3.05, 3.63) is 35.9 Å². The second-order valence-corrected chi connectivity index (χ2v) is 3.85. The van der Waals surface area contributed by atoms with Crippen LogP contribution in [0, 0.1) is 0 Å². The van der Waals surface area contributed by atoms with Crippen molar-refractivity contribution in [1.29, 1.82) is 0 Å². The van der Waals surface area contributed by atoms with Crippen molar-refractivity contribution >= 4 is 0 Å². The highest BCUT2D eigenvalue weighted by Gasteiger charge is 2.21. The fourth-order valence-electron chi connectivity index (χ4n) is 1.95. The topological polar surface area (TPSA) is 24.5 Å². The second-order valence-electron chi connectivity index (χ2n) is 3.85. The Labute approximate surface area is 91.0 Å². The third-order valence-corrected chi connectivity index (χ3v) is 2.80. The molecule has 3 heteroatoms. The summed E-state index contributed by atoms with van der Waals surface area (Å²) >= 11 is 0. The molecule has 1 aliphatic heterocycles. The highest BCUT2D eigenvalue weighted by molar-refractivity contribution is 5.14. The fourth-order valence-corrected chi connectivity index (χ4v) is 1.95. The number of piperazine rings is 1. The van der Waals surface area contributed by atoms with Crippen LogP contribution in [0.3, 0.4) is 0 Å². The minimum Gasteiger partial charge on any atom is -0.365 e. The standard InChI is InChI=1S/C12H18N2O/c1-15-12-9-13-7-8-14(12)10-11-5-3-2-4-6-11/h2-6,12-13H,7-10H2,1H3. The van der Waals surface area contributed by atoms with Gasteiger partial charge in [0.25, 0.3) is 0 Å². The molecule has 1 fully saturated rings. The summed E-state index contributed by atoms with van der Waals surface area (Å²) in [5.74, 6) is 0. The first-order valence-electron chi connectivity index (χ1n) is 5.41. The van der Waals surface area contributed by atoms with Gasteiger partial charge in [0.15, 0.2) is 0 Å². The van der Waals surface area contributed by atoms with E-state index in [1.165, 1.54) is 5.56 Å². The Morgan fingerprint density at radius 2 is 2.20 bits per heavy atom. The largest absolute Gasteiger partial charge is 0.365 e. The van der Waals surface area contributed by atoms with Crippen LogP contribution in [0.15, 0.2) is 30.3 Å². The van der Waals surface area contributed by atoms with Crippen molar-refractivity contribution in [2.45, 2.75) is 12.8 Å². The van der Waals surface area contributed by atoms with Crippen LogP contribution in [-0.2, 0) is 11.3 Å². The smallest absolute Gasteiger partial charge is 0.123 e. The summed E-state index contributed by atoms with van der Waals surface area (Å²) < 4.78 is 5.44. The first-order valence-corrected chi connectivity index (χ1v) is 5.41. The van der Waals surface area contributed by atoms with E-state index in [4.69, 9.17) is 4.74 Å². The normalized spacial score (nSPS) is 22.9. The molecule has 0 bridgehead atoms. The molecule has 2 rings (SSSR count). The molecule has 1 aliphatic rings. The first-order chi connectivity index (χ1) is 7.40. The molecule has 0 aromatic heterocycles. The molecule has 82 valence electrons. The lowest BCUT2D eigenvalue weighted by atomic mass is 10.2. The van der Waals surface area contributed by atoms with Gasteiger partial charge in [-0.05, 0) is 5.56 Å². The van der Waals surface area contributed by atoms with Gasteiger partial charge in [0.1, 0.15) is 6.23 Å². The quantitative estimate of drug-likeness (QED) is 0.800. The third-order valence-electron chi connectivity index (χ3n) is 2.80.